The number of likely N-dealkylation sites (tertiary alicyclic amines) is 1. The number of carboxylic acid groups (broad SMARTS) is 1. The first-order valence-electron chi connectivity index (χ1n) is 12.2. The highest BCUT2D eigenvalue weighted by Crippen LogP contribution is 2.44. The summed E-state index contributed by atoms with van der Waals surface area (Å²) in [6.45, 7) is 1.01. The standard InChI is InChI=1S/C27H32N2O6/c30-16-18-7-5-6-14-29(15-18)26(33)24(12-13-25(31)32)28-27(34)35-17-23-21-10-3-1-8-19(21)20-9-2-4-11-22(20)23/h1-4,8-11,18,23-24,30H,5-7,12-17H2,(H,28,34)(H,31,32). The Morgan fingerprint density at radius 1 is 1.03 bits per heavy atom. The van der Waals surface area contributed by atoms with Gasteiger partial charge in [0.05, 0.1) is 0 Å². The van der Waals surface area contributed by atoms with E-state index in [0.717, 1.165) is 41.5 Å². The van der Waals surface area contributed by atoms with Gasteiger partial charge in [-0.3, -0.25) is 9.59 Å². The number of carbonyl (C=O) groups is 3. The van der Waals surface area contributed by atoms with E-state index in [1.807, 2.05) is 36.4 Å². The van der Waals surface area contributed by atoms with E-state index in [9.17, 15) is 19.5 Å². The van der Waals surface area contributed by atoms with Crippen molar-refractivity contribution in [2.45, 2.75) is 44.1 Å². The van der Waals surface area contributed by atoms with Crippen molar-refractivity contribution in [3.8, 4) is 11.1 Å². The van der Waals surface area contributed by atoms with E-state index in [4.69, 9.17) is 9.84 Å². The van der Waals surface area contributed by atoms with Gasteiger partial charge in [-0.1, -0.05) is 55.0 Å². The average molecular weight is 481 g/mol. The maximum atomic E-state index is 13.2. The van der Waals surface area contributed by atoms with Gasteiger partial charge in [-0.25, -0.2) is 4.79 Å². The number of carbonyl (C=O) groups excluding carboxylic acids is 2. The van der Waals surface area contributed by atoms with Gasteiger partial charge in [-0.05, 0) is 47.4 Å². The Morgan fingerprint density at radius 2 is 1.69 bits per heavy atom. The second-order valence-corrected chi connectivity index (χ2v) is 9.28. The summed E-state index contributed by atoms with van der Waals surface area (Å²) in [5, 5.41) is 21.3. The normalized spacial score (nSPS) is 18.2. The Labute approximate surface area is 204 Å². The second kappa shape index (κ2) is 11.4. The summed E-state index contributed by atoms with van der Waals surface area (Å²) in [6, 6.07) is 15.0. The summed E-state index contributed by atoms with van der Waals surface area (Å²) in [7, 11) is 0. The van der Waals surface area contributed by atoms with Crippen LogP contribution in [0.4, 0.5) is 4.79 Å². The number of benzene rings is 2. The molecule has 8 nitrogen and oxygen atoms in total. The van der Waals surface area contributed by atoms with Crippen LogP contribution >= 0.6 is 0 Å². The quantitative estimate of drug-likeness (QED) is 0.533. The van der Waals surface area contributed by atoms with Crippen LogP contribution in [-0.4, -0.2) is 65.4 Å². The summed E-state index contributed by atoms with van der Waals surface area (Å²) in [5.41, 5.74) is 4.40. The Hall–Kier alpha value is -3.39. The van der Waals surface area contributed by atoms with Crippen molar-refractivity contribution in [2.75, 3.05) is 26.3 Å². The van der Waals surface area contributed by atoms with Crippen LogP contribution in [0.3, 0.4) is 0 Å². The molecule has 3 N–H and O–H groups in total. The number of aliphatic carboxylic acids is 1. The molecule has 0 spiro atoms. The van der Waals surface area contributed by atoms with Crippen LogP contribution < -0.4 is 5.32 Å². The molecule has 0 radical (unpaired) electrons. The van der Waals surface area contributed by atoms with Crippen LogP contribution in [0, 0.1) is 5.92 Å². The number of hydrogen-bond acceptors (Lipinski definition) is 5. The lowest BCUT2D eigenvalue weighted by Gasteiger charge is -2.28. The number of aliphatic hydroxyl groups is 1. The van der Waals surface area contributed by atoms with Crippen molar-refractivity contribution in [1.29, 1.82) is 0 Å². The monoisotopic (exact) mass is 480 g/mol. The maximum Gasteiger partial charge on any atom is 0.407 e. The highest BCUT2D eigenvalue weighted by molar-refractivity contribution is 5.86. The fourth-order valence-corrected chi connectivity index (χ4v) is 5.11. The van der Waals surface area contributed by atoms with Crippen LogP contribution in [-0.2, 0) is 14.3 Å². The molecule has 1 heterocycles. The number of amides is 2. The van der Waals surface area contributed by atoms with Crippen LogP contribution in [0.2, 0.25) is 0 Å². The number of carboxylic acids is 1. The van der Waals surface area contributed by atoms with Gasteiger partial charge < -0.3 is 25.2 Å². The number of ether oxygens (including phenoxy) is 1. The highest BCUT2D eigenvalue weighted by atomic mass is 16.5. The van der Waals surface area contributed by atoms with Gasteiger partial charge in [-0.2, -0.15) is 0 Å². The zero-order chi connectivity index (χ0) is 24.8. The predicted molar refractivity (Wildman–Crippen MR) is 130 cm³/mol. The average Bonchev–Trinajstić information content (AvgIpc) is 3.00. The lowest BCUT2D eigenvalue weighted by Crippen LogP contribution is -2.50. The molecule has 35 heavy (non-hydrogen) atoms. The van der Waals surface area contributed by atoms with Gasteiger partial charge in [-0.15, -0.1) is 0 Å². The first kappa shape index (κ1) is 24.7. The van der Waals surface area contributed by atoms with Crippen molar-refractivity contribution in [2.24, 2.45) is 5.92 Å². The number of nitrogens with one attached hydrogen (secondary N) is 1. The summed E-state index contributed by atoms with van der Waals surface area (Å²) >= 11 is 0. The highest BCUT2D eigenvalue weighted by Gasteiger charge is 2.32. The molecule has 0 saturated carbocycles. The van der Waals surface area contributed by atoms with Gasteiger partial charge in [0, 0.05) is 32.0 Å². The Balaban J connectivity index is 1.43. The van der Waals surface area contributed by atoms with E-state index in [-0.39, 0.29) is 43.8 Å². The molecule has 0 aromatic heterocycles. The van der Waals surface area contributed by atoms with Gasteiger partial charge >= 0.3 is 12.1 Å². The predicted octanol–water partition coefficient (Wildman–Crippen LogP) is 3.38. The van der Waals surface area contributed by atoms with Crippen LogP contribution in [0.15, 0.2) is 48.5 Å². The summed E-state index contributed by atoms with van der Waals surface area (Å²) < 4.78 is 5.57. The Bertz CT molecular complexity index is 1030. The first-order chi connectivity index (χ1) is 17.0. The van der Waals surface area contributed by atoms with Crippen LogP contribution in [0.5, 0.6) is 0 Å². The fraction of sp³-hybridized carbons (Fsp3) is 0.444. The molecule has 2 aliphatic rings. The van der Waals surface area contributed by atoms with E-state index in [0.29, 0.717) is 13.1 Å². The molecule has 0 bridgehead atoms. The zero-order valence-electron chi connectivity index (χ0n) is 19.7. The number of rotatable bonds is 8. The third-order valence-corrected chi connectivity index (χ3v) is 6.92. The molecule has 2 aromatic carbocycles. The molecule has 8 heteroatoms. The van der Waals surface area contributed by atoms with Crippen LogP contribution in [0.1, 0.15) is 49.1 Å². The molecular weight excluding hydrogens is 448 g/mol. The zero-order valence-corrected chi connectivity index (χ0v) is 19.7. The fourth-order valence-electron chi connectivity index (χ4n) is 5.11. The molecular formula is C27H32N2O6. The SMILES string of the molecule is O=C(O)CCC(NC(=O)OCC1c2ccccc2-c2ccccc21)C(=O)N1CCCCC(CO)C1. The smallest absolute Gasteiger partial charge is 0.407 e. The van der Waals surface area contributed by atoms with E-state index >= 15 is 0 Å². The summed E-state index contributed by atoms with van der Waals surface area (Å²) in [5.74, 6) is -1.50. The lowest BCUT2D eigenvalue weighted by atomic mass is 9.98. The van der Waals surface area contributed by atoms with Crippen molar-refractivity contribution in [3.63, 3.8) is 0 Å². The van der Waals surface area contributed by atoms with E-state index in [2.05, 4.69) is 17.4 Å². The molecule has 1 fully saturated rings. The largest absolute Gasteiger partial charge is 0.481 e. The molecule has 1 aliphatic heterocycles. The molecule has 2 unspecified atom stereocenters. The van der Waals surface area contributed by atoms with E-state index in [1.165, 1.54) is 0 Å². The first-order valence-corrected chi connectivity index (χ1v) is 12.2. The third kappa shape index (κ3) is 5.82. The molecule has 2 amide bonds. The summed E-state index contributed by atoms with van der Waals surface area (Å²) in [4.78, 5) is 38.8. The molecule has 2 atom stereocenters. The van der Waals surface area contributed by atoms with Crippen LogP contribution in [0.25, 0.3) is 11.1 Å². The summed E-state index contributed by atoms with van der Waals surface area (Å²) in [6.07, 6.45) is 1.52. The molecule has 1 saturated heterocycles. The van der Waals surface area contributed by atoms with Crippen molar-refractivity contribution < 1.29 is 29.3 Å². The van der Waals surface area contributed by atoms with Crippen molar-refractivity contribution in [3.05, 3.63) is 59.7 Å². The van der Waals surface area contributed by atoms with Gasteiger partial charge in [0.25, 0.3) is 0 Å². The number of aliphatic hydroxyl groups excluding tert-OH is 1. The van der Waals surface area contributed by atoms with Gasteiger partial charge in [0.2, 0.25) is 5.91 Å². The number of fused-ring (bicyclic) bond motifs is 3. The topological polar surface area (TPSA) is 116 Å². The van der Waals surface area contributed by atoms with Crippen molar-refractivity contribution >= 4 is 18.0 Å². The number of alkyl carbamates (subject to hydrolysis) is 1. The minimum absolute atomic E-state index is 0.0105. The number of nitrogens with zero attached hydrogens (tertiary/aromatic N) is 1. The minimum Gasteiger partial charge on any atom is -0.481 e. The molecule has 2 aromatic rings. The van der Waals surface area contributed by atoms with E-state index < -0.39 is 18.1 Å². The Morgan fingerprint density at radius 3 is 2.31 bits per heavy atom. The van der Waals surface area contributed by atoms with Gasteiger partial charge in [0.15, 0.2) is 0 Å². The third-order valence-electron chi connectivity index (χ3n) is 6.92. The minimum atomic E-state index is -1.04. The van der Waals surface area contributed by atoms with Gasteiger partial charge in [0.1, 0.15) is 12.6 Å². The lowest BCUT2D eigenvalue weighted by molar-refractivity contribution is -0.138. The maximum absolute atomic E-state index is 13.2. The second-order valence-electron chi connectivity index (χ2n) is 9.28. The van der Waals surface area contributed by atoms with E-state index in [1.54, 1.807) is 4.90 Å². The molecule has 4 rings (SSSR count). The number of hydrogen-bond donors (Lipinski definition) is 3. The van der Waals surface area contributed by atoms with Crippen molar-refractivity contribution in [1.82, 2.24) is 10.2 Å². The molecule has 1 aliphatic carbocycles. The Kier molecular flexibility index (Phi) is 8.02. The molecule has 186 valence electrons.